The highest BCUT2D eigenvalue weighted by atomic mass is 16.5. The van der Waals surface area contributed by atoms with Crippen LogP contribution in [0.4, 0.5) is 5.69 Å². The Balaban J connectivity index is 1.97. The summed E-state index contributed by atoms with van der Waals surface area (Å²) in [5.41, 5.74) is 1.52. The first-order valence-corrected chi connectivity index (χ1v) is 5.26. The Kier molecular flexibility index (Phi) is 2.19. The summed E-state index contributed by atoms with van der Waals surface area (Å²) in [5, 5.41) is 2.78. The molecule has 0 spiro atoms. The van der Waals surface area contributed by atoms with Gasteiger partial charge in [-0.25, -0.2) is 0 Å². The van der Waals surface area contributed by atoms with Gasteiger partial charge in [0.05, 0.1) is 5.69 Å². The lowest BCUT2D eigenvalue weighted by Gasteiger charge is -2.19. The number of carbonyl (C=O) groups excluding carboxylic acids is 1. The van der Waals surface area contributed by atoms with Crippen LogP contribution in [0.2, 0.25) is 0 Å². The SMILES string of the molecule is O=C1Nc2ccccc2O/C1=C/c1ccc[nH]1. The molecule has 4 heteroatoms. The molecule has 1 aliphatic rings. The van der Waals surface area contributed by atoms with E-state index in [0.29, 0.717) is 11.4 Å². The Morgan fingerprint density at radius 2 is 2.00 bits per heavy atom. The van der Waals surface area contributed by atoms with Crippen LogP contribution in [0.15, 0.2) is 48.4 Å². The molecule has 0 unspecified atom stereocenters. The molecule has 0 atom stereocenters. The van der Waals surface area contributed by atoms with Crippen molar-refractivity contribution in [2.24, 2.45) is 0 Å². The number of fused-ring (bicyclic) bond motifs is 1. The maximum atomic E-state index is 11.8. The van der Waals surface area contributed by atoms with E-state index in [-0.39, 0.29) is 11.7 Å². The molecule has 0 aliphatic carbocycles. The van der Waals surface area contributed by atoms with Crippen molar-refractivity contribution < 1.29 is 9.53 Å². The molecule has 2 heterocycles. The lowest BCUT2D eigenvalue weighted by Crippen LogP contribution is -2.23. The number of H-pyrrole nitrogens is 1. The lowest BCUT2D eigenvalue weighted by atomic mass is 10.2. The van der Waals surface area contributed by atoms with Gasteiger partial charge in [-0.1, -0.05) is 12.1 Å². The van der Waals surface area contributed by atoms with Crippen LogP contribution >= 0.6 is 0 Å². The van der Waals surface area contributed by atoms with Crippen molar-refractivity contribution in [3.8, 4) is 5.75 Å². The molecular weight excluding hydrogens is 216 g/mol. The summed E-state index contributed by atoms with van der Waals surface area (Å²) in [6.45, 7) is 0. The molecule has 1 aromatic heterocycles. The number of anilines is 1. The highest BCUT2D eigenvalue weighted by Gasteiger charge is 2.21. The van der Waals surface area contributed by atoms with E-state index in [1.54, 1.807) is 18.3 Å². The van der Waals surface area contributed by atoms with E-state index in [0.717, 1.165) is 5.69 Å². The Hall–Kier alpha value is -2.49. The molecular formula is C13H10N2O2. The molecule has 0 fully saturated rings. The summed E-state index contributed by atoms with van der Waals surface area (Å²) in [6, 6.07) is 11.1. The second-order valence-corrected chi connectivity index (χ2v) is 3.69. The normalized spacial score (nSPS) is 16.2. The summed E-state index contributed by atoms with van der Waals surface area (Å²) in [5.74, 6) is 0.703. The van der Waals surface area contributed by atoms with Gasteiger partial charge in [0, 0.05) is 18.0 Å². The molecule has 2 aromatic rings. The zero-order chi connectivity index (χ0) is 11.7. The highest BCUT2D eigenvalue weighted by molar-refractivity contribution is 6.07. The van der Waals surface area contributed by atoms with E-state index in [4.69, 9.17) is 4.74 Å². The number of aromatic amines is 1. The average molecular weight is 226 g/mol. The third-order valence-corrected chi connectivity index (χ3v) is 2.49. The molecule has 84 valence electrons. The van der Waals surface area contributed by atoms with E-state index in [1.165, 1.54) is 0 Å². The van der Waals surface area contributed by atoms with Gasteiger partial charge in [0.1, 0.15) is 0 Å². The standard InChI is InChI=1S/C13H10N2O2/c16-13-12(8-9-4-3-7-14-9)17-11-6-2-1-5-10(11)15-13/h1-8,14H,(H,15,16)/b12-8+. The molecule has 1 aliphatic heterocycles. The Morgan fingerprint density at radius 1 is 1.12 bits per heavy atom. The molecule has 1 aromatic carbocycles. The van der Waals surface area contributed by atoms with Crippen LogP contribution in [-0.2, 0) is 4.79 Å². The van der Waals surface area contributed by atoms with Crippen LogP contribution in [0.5, 0.6) is 5.75 Å². The number of hydrogen-bond acceptors (Lipinski definition) is 2. The zero-order valence-electron chi connectivity index (χ0n) is 8.94. The van der Waals surface area contributed by atoms with Gasteiger partial charge < -0.3 is 15.0 Å². The van der Waals surface area contributed by atoms with Crippen LogP contribution in [0.1, 0.15) is 5.69 Å². The second kappa shape index (κ2) is 3.83. The van der Waals surface area contributed by atoms with Crippen molar-refractivity contribution in [1.29, 1.82) is 0 Å². The van der Waals surface area contributed by atoms with Crippen LogP contribution in [0, 0.1) is 0 Å². The minimum atomic E-state index is -0.238. The Bertz CT molecular complexity index is 585. The predicted molar refractivity (Wildman–Crippen MR) is 64.5 cm³/mol. The Morgan fingerprint density at radius 3 is 2.82 bits per heavy atom. The fraction of sp³-hybridized carbons (Fsp3) is 0. The lowest BCUT2D eigenvalue weighted by molar-refractivity contribution is -0.115. The Labute approximate surface area is 97.9 Å². The van der Waals surface area contributed by atoms with Gasteiger partial charge >= 0.3 is 0 Å². The molecule has 0 radical (unpaired) electrons. The van der Waals surface area contributed by atoms with Crippen molar-refractivity contribution in [3.05, 3.63) is 54.0 Å². The third-order valence-electron chi connectivity index (χ3n) is 2.49. The maximum absolute atomic E-state index is 11.8. The van der Waals surface area contributed by atoms with Gasteiger partial charge in [-0.15, -0.1) is 0 Å². The number of benzene rings is 1. The number of amides is 1. The number of para-hydroxylation sites is 2. The summed E-state index contributed by atoms with van der Waals surface area (Å²) < 4.78 is 5.55. The number of ether oxygens (including phenoxy) is 1. The average Bonchev–Trinajstić information content (AvgIpc) is 2.83. The molecule has 2 N–H and O–H groups in total. The summed E-state index contributed by atoms with van der Waals surface area (Å²) in [6.07, 6.45) is 3.46. The molecule has 1 amide bonds. The van der Waals surface area contributed by atoms with Gasteiger partial charge in [-0.05, 0) is 24.3 Å². The number of carbonyl (C=O) groups is 1. The number of nitrogens with one attached hydrogen (secondary N) is 2. The number of rotatable bonds is 1. The third kappa shape index (κ3) is 1.80. The smallest absolute Gasteiger partial charge is 0.291 e. The van der Waals surface area contributed by atoms with Gasteiger partial charge in [-0.3, -0.25) is 4.79 Å². The van der Waals surface area contributed by atoms with Crippen molar-refractivity contribution >= 4 is 17.7 Å². The first-order valence-electron chi connectivity index (χ1n) is 5.26. The first kappa shape index (κ1) is 9.72. The van der Waals surface area contributed by atoms with E-state index in [9.17, 15) is 4.79 Å². The number of hydrogen-bond donors (Lipinski definition) is 2. The van der Waals surface area contributed by atoms with Gasteiger partial charge in [-0.2, -0.15) is 0 Å². The number of aromatic nitrogens is 1. The first-order chi connectivity index (χ1) is 8.33. The van der Waals surface area contributed by atoms with E-state index in [1.807, 2.05) is 30.3 Å². The van der Waals surface area contributed by atoms with Crippen LogP contribution in [0.25, 0.3) is 6.08 Å². The van der Waals surface area contributed by atoms with Crippen molar-refractivity contribution in [3.63, 3.8) is 0 Å². The van der Waals surface area contributed by atoms with Crippen LogP contribution < -0.4 is 10.1 Å². The van der Waals surface area contributed by atoms with Gasteiger partial charge in [0.25, 0.3) is 5.91 Å². The summed E-state index contributed by atoms with van der Waals surface area (Å²) in [4.78, 5) is 14.8. The van der Waals surface area contributed by atoms with E-state index >= 15 is 0 Å². The van der Waals surface area contributed by atoms with Crippen molar-refractivity contribution in [1.82, 2.24) is 4.98 Å². The highest BCUT2D eigenvalue weighted by Crippen LogP contribution is 2.30. The fourth-order valence-corrected chi connectivity index (χ4v) is 1.68. The molecule has 0 saturated carbocycles. The summed E-state index contributed by atoms with van der Waals surface area (Å²) in [7, 11) is 0. The zero-order valence-corrected chi connectivity index (χ0v) is 8.94. The van der Waals surface area contributed by atoms with E-state index < -0.39 is 0 Å². The fourth-order valence-electron chi connectivity index (χ4n) is 1.68. The van der Waals surface area contributed by atoms with Crippen molar-refractivity contribution in [2.75, 3.05) is 5.32 Å². The van der Waals surface area contributed by atoms with Gasteiger partial charge in [0.2, 0.25) is 0 Å². The summed E-state index contributed by atoms with van der Waals surface area (Å²) >= 11 is 0. The minimum Gasteiger partial charge on any atom is -0.449 e. The largest absolute Gasteiger partial charge is 0.449 e. The van der Waals surface area contributed by atoms with Crippen LogP contribution in [-0.4, -0.2) is 10.9 Å². The molecule has 17 heavy (non-hydrogen) atoms. The second-order valence-electron chi connectivity index (χ2n) is 3.69. The predicted octanol–water partition coefficient (Wildman–Crippen LogP) is 2.39. The topological polar surface area (TPSA) is 54.1 Å². The quantitative estimate of drug-likeness (QED) is 0.733. The molecule has 0 bridgehead atoms. The molecule has 4 nitrogen and oxygen atoms in total. The van der Waals surface area contributed by atoms with Crippen molar-refractivity contribution in [2.45, 2.75) is 0 Å². The van der Waals surface area contributed by atoms with E-state index in [2.05, 4.69) is 10.3 Å². The van der Waals surface area contributed by atoms with Gasteiger partial charge in [0.15, 0.2) is 11.5 Å². The monoisotopic (exact) mass is 226 g/mol. The molecule has 0 saturated heterocycles. The molecule has 3 rings (SSSR count). The van der Waals surface area contributed by atoms with Crippen LogP contribution in [0.3, 0.4) is 0 Å². The minimum absolute atomic E-state index is 0.238. The maximum Gasteiger partial charge on any atom is 0.291 e.